The number of unbranched alkanes of at least 4 members (excludes halogenated alkanes) is 13. The highest BCUT2D eigenvalue weighted by atomic mass is 16.7. The summed E-state index contributed by atoms with van der Waals surface area (Å²) in [6, 6.07) is 0. The van der Waals surface area contributed by atoms with Crippen LogP contribution in [0.2, 0.25) is 0 Å². The molecule has 364 valence electrons. The Morgan fingerprint density at radius 2 is 0.968 bits per heavy atom. The van der Waals surface area contributed by atoms with Crippen molar-refractivity contribution in [1.82, 2.24) is 0 Å². The summed E-state index contributed by atoms with van der Waals surface area (Å²) in [6.45, 7) is 2.46. The standard InChI is InChI=1S/C48H82O15/c1-3-5-7-9-11-13-15-16-17-18-19-20-21-23-24-26-28-30-39(50)58-33-36(61-40(51)31-29-27-25-22-14-12-10-8-6-4-2)34-59-47-46(57)44(55)42(53)38(63-47)35-60-48-45(56)43(54)41(52)37(32-49)62-48/h11,13,16-17,19-20,23-24,36-38,41-49,52-57H,3-10,12,14-15,18,21-22,25-35H2,1-2H3/b13-11+,17-16+,20-19+,24-23+/t36-,37+,38+,41-,42-,43?,44?,45?,46?,47+,48+/m1/s1. The molecule has 11 atom stereocenters. The van der Waals surface area contributed by atoms with Crippen molar-refractivity contribution in [3.63, 3.8) is 0 Å². The van der Waals surface area contributed by atoms with Gasteiger partial charge < -0.3 is 64.2 Å². The van der Waals surface area contributed by atoms with E-state index in [2.05, 4.69) is 56.4 Å². The van der Waals surface area contributed by atoms with E-state index in [-0.39, 0.29) is 19.4 Å². The Morgan fingerprint density at radius 3 is 1.54 bits per heavy atom. The quantitative estimate of drug-likeness (QED) is 0.0235. The van der Waals surface area contributed by atoms with Gasteiger partial charge >= 0.3 is 11.9 Å². The highest BCUT2D eigenvalue weighted by Gasteiger charge is 2.47. The van der Waals surface area contributed by atoms with Crippen molar-refractivity contribution in [3.8, 4) is 0 Å². The molecule has 0 radical (unpaired) electrons. The lowest BCUT2D eigenvalue weighted by molar-refractivity contribution is -0.332. The number of esters is 2. The maximum absolute atomic E-state index is 12.9. The SMILES string of the molecule is CCCCC/C=C/C/C=C/C/C=C/C/C=C/CCCC(=O)OC[C@H](CO[C@H]1O[C@@H](CO[C@H]2O[C@@H](CO)[C@@H](O)C(O)C2O)[C@@H](O)C(O)C1O)OC(=O)CCCCCCCCCCCC. The number of hydrogen-bond donors (Lipinski definition) is 7. The predicted octanol–water partition coefficient (Wildman–Crippen LogP) is 5.54. The Bertz CT molecular complexity index is 1290. The van der Waals surface area contributed by atoms with E-state index in [1.807, 2.05) is 6.08 Å². The minimum atomic E-state index is -1.77. The van der Waals surface area contributed by atoms with Crippen molar-refractivity contribution in [2.75, 3.05) is 26.4 Å². The number of aliphatic hydroxyl groups is 7. The number of ether oxygens (including phenoxy) is 6. The number of hydrogen-bond acceptors (Lipinski definition) is 15. The van der Waals surface area contributed by atoms with E-state index in [9.17, 15) is 45.3 Å². The Labute approximate surface area is 376 Å². The van der Waals surface area contributed by atoms with Gasteiger partial charge in [-0.05, 0) is 51.4 Å². The van der Waals surface area contributed by atoms with Gasteiger partial charge in [0.15, 0.2) is 18.7 Å². The molecule has 0 saturated carbocycles. The number of carbonyl (C=O) groups is 2. The molecule has 0 spiro atoms. The molecule has 15 heteroatoms. The van der Waals surface area contributed by atoms with Crippen LogP contribution in [0.5, 0.6) is 0 Å². The van der Waals surface area contributed by atoms with E-state index in [4.69, 9.17) is 28.4 Å². The van der Waals surface area contributed by atoms with Gasteiger partial charge in [0, 0.05) is 12.8 Å². The van der Waals surface area contributed by atoms with Gasteiger partial charge in [-0.25, -0.2) is 0 Å². The first-order valence-electron chi connectivity index (χ1n) is 23.7. The minimum absolute atomic E-state index is 0.142. The van der Waals surface area contributed by atoms with E-state index in [0.717, 1.165) is 44.9 Å². The van der Waals surface area contributed by atoms with Crippen molar-refractivity contribution in [2.45, 2.75) is 216 Å². The summed E-state index contributed by atoms with van der Waals surface area (Å²) in [6.07, 6.45) is 20.2. The van der Waals surface area contributed by atoms with Crippen molar-refractivity contribution in [1.29, 1.82) is 0 Å². The van der Waals surface area contributed by atoms with Crippen LogP contribution in [0.25, 0.3) is 0 Å². The second-order valence-electron chi connectivity index (χ2n) is 16.6. The molecular formula is C48H82O15. The van der Waals surface area contributed by atoms with Gasteiger partial charge in [0.05, 0.1) is 19.8 Å². The topological polar surface area (TPSA) is 231 Å². The lowest BCUT2D eigenvalue weighted by Crippen LogP contribution is -2.61. The highest BCUT2D eigenvalue weighted by molar-refractivity contribution is 5.70. The van der Waals surface area contributed by atoms with Crippen LogP contribution in [-0.2, 0) is 38.0 Å². The molecule has 15 nitrogen and oxygen atoms in total. The zero-order valence-corrected chi connectivity index (χ0v) is 38.0. The lowest BCUT2D eigenvalue weighted by atomic mass is 9.98. The van der Waals surface area contributed by atoms with E-state index < -0.39 is 99.3 Å². The Balaban J connectivity index is 1.85. The van der Waals surface area contributed by atoms with Crippen molar-refractivity contribution in [3.05, 3.63) is 48.6 Å². The molecule has 0 amide bonds. The molecule has 2 aliphatic heterocycles. The Hall–Kier alpha value is -2.54. The van der Waals surface area contributed by atoms with Crippen molar-refractivity contribution >= 4 is 11.9 Å². The van der Waals surface area contributed by atoms with E-state index in [1.165, 1.54) is 57.8 Å². The molecule has 2 fully saturated rings. The van der Waals surface area contributed by atoms with Crippen molar-refractivity contribution in [2.24, 2.45) is 0 Å². The predicted molar refractivity (Wildman–Crippen MR) is 238 cm³/mol. The summed E-state index contributed by atoms with van der Waals surface area (Å²) in [5.41, 5.74) is 0. The van der Waals surface area contributed by atoms with Gasteiger partial charge in [-0.15, -0.1) is 0 Å². The van der Waals surface area contributed by atoms with E-state index in [1.54, 1.807) is 0 Å². The molecule has 2 rings (SSSR count). The molecule has 0 aromatic heterocycles. The maximum Gasteiger partial charge on any atom is 0.306 e. The number of aliphatic hydroxyl groups excluding tert-OH is 7. The average molecular weight is 899 g/mol. The van der Waals surface area contributed by atoms with Crippen LogP contribution in [0, 0.1) is 0 Å². The molecule has 2 saturated heterocycles. The molecule has 0 bridgehead atoms. The van der Waals surface area contributed by atoms with E-state index in [0.29, 0.717) is 19.3 Å². The molecule has 2 heterocycles. The second-order valence-corrected chi connectivity index (χ2v) is 16.6. The normalized spacial score (nSPS) is 27.3. The summed E-state index contributed by atoms with van der Waals surface area (Å²) >= 11 is 0. The van der Waals surface area contributed by atoms with Crippen LogP contribution in [0.3, 0.4) is 0 Å². The monoisotopic (exact) mass is 899 g/mol. The summed E-state index contributed by atoms with van der Waals surface area (Å²) in [5.74, 6) is -0.995. The fourth-order valence-corrected chi connectivity index (χ4v) is 7.09. The molecular weight excluding hydrogens is 817 g/mol. The largest absolute Gasteiger partial charge is 0.462 e. The summed E-state index contributed by atoms with van der Waals surface area (Å²) in [5, 5.41) is 71.9. The zero-order valence-electron chi connectivity index (χ0n) is 38.0. The average Bonchev–Trinajstić information content (AvgIpc) is 3.28. The maximum atomic E-state index is 12.9. The van der Waals surface area contributed by atoms with Crippen LogP contribution in [0.4, 0.5) is 0 Å². The molecule has 7 N–H and O–H groups in total. The minimum Gasteiger partial charge on any atom is -0.462 e. The summed E-state index contributed by atoms with van der Waals surface area (Å²) < 4.78 is 33.4. The highest BCUT2D eigenvalue weighted by Crippen LogP contribution is 2.26. The molecule has 0 aliphatic carbocycles. The van der Waals surface area contributed by atoms with Gasteiger partial charge in [0.1, 0.15) is 55.4 Å². The number of rotatable bonds is 35. The van der Waals surface area contributed by atoms with Crippen LogP contribution in [-0.4, -0.2) is 142 Å². The molecule has 4 unspecified atom stereocenters. The third-order valence-electron chi connectivity index (χ3n) is 11.1. The fraction of sp³-hybridized carbons (Fsp3) is 0.792. The zero-order chi connectivity index (χ0) is 46.1. The Kier molecular flexibility index (Phi) is 32.1. The third-order valence-corrected chi connectivity index (χ3v) is 11.1. The van der Waals surface area contributed by atoms with Crippen molar-refractivity contribution < 1.29 is 73.8 Å². The summed E-state index contributed by atoms with van der Waals surface area (Å²) in [4.78, 5) is 25.6. The Morgan fingerprint density at radius 1 is 0.508 bits per heavy atom. The van der Waals surface area contributed by atoms with Gasteiger partial charge in [0.2, 0.25) is 0 Å². The number of carbonyl (C=O) groups excluding carboxylic acids is 2. The molecule has 0 aromatic carbocycles. The third kappa shape index (κ3) is 24.5. The van der Waals surface area contributed by atoms with Crippen LogP contribution in [0.15, 0.2) is 48.6 Å². The first-order valence-corrected chi connectivity index (χ1v) is 23.7. The van der Waals surface area contributed by atoms with Gasteiger partial charge in [-0.2, -0.15) is 0 Å². The molecule has 0 aromatic rings. The molecule has 2 aliphatic rings. The van der Waals surface area contributed by atoms with Gasteiger partial charge in [-0.3, -0.25) is 9.59 Å². The van der Waals surface area contributed by atoms with Crippen LogP contribution >= 0.6 is 0 Å². The second kappa shape index (κ2) is 35.7. The van der Waals surface area contributed by atoms with Gasteiger partial charge in [-0.1, -0.05) is 133 Å². The molecule has 63 heavy (non-hydrogen) atoms. The lowest BCUT2D eigenvalue weighted by Gasteiger charge is -2.42. The van der Waals surface area contributed by atoms with Gasteiger partial charge in [0.25, 0.3) is 0 Å². The summed E-state index contributed by atoms with van der Waals surface area (Å²) in [7, 11) is 0. The first kappa shape index (κ1) is 56.6. The van der Waals surface area contributed by atoms with Crippen LogP contribution < -0.4 is 0 Å². The number of allylic oxidation sites excluding steroid dienone is 8. The first-order chi connectivity index (χ1) is 30.5. The smallest absolute Gasteiger partial charge is 0.306 e. The van der Waals surface area contributed by atoms with E-state index >= 15 is 0 Å². The van der Waals surface area contributed by atoms with Crippen LogP contribution in [0.1, 0.15) is 149 Å². The fourth-order valence-electron chi connectivity index (χ4n) is 7.09.